The third-order valence-electron chi connectivity index (χ3n) is 4.90. The Morgan fingerprint density at radius 3 is 2.30 bits per heavy atom. The highest BCUT2D eigenvalue weighted by Gasteiger charge is 2.30. The lowest BCUT2D eigenvalue weighted by Gasteiger charge is -2.14. The predicted octanol–water partition coefficient (Wildman–Crippen LogP) is 6.31. The number of benzene rings is 2. The van der Waals surface area contributed by atoms with Crippen LogP contribution in [0.3, 0.4) is 0 Å². The number of nitrogens with one attached hydrogen (secondary N) is 1. The Balaban J connectivity index is 1.68. The van der Waals surface area contributed by atoms with E-state index >= 15 is 0 Å². The lowest BCUT2D eigenvalue weighted by molar-refractivity contribution is -0.145. The number of carbonyl (C=O) groups is 1. The molecule has 1 heterocycles. The quantitative estimate of drug-likeness (QED) is 0.385. The van der Waals surface area contributed by atoms with Gasteiger partial charge < -0.3 is 14.8 Å². The molecule has 1 N–H and O–H groups in total. The number of carbonyl (C=O) groups excluding carboxylic acids is 1. The molecule has 0 fully saturated rings. The first-order chi connectivity index (χ1) is 15.6. The fourth-order valence-corrected chi connectivity index (χ4v) is 4.32. The number of aryl methyl sites for hydroxylation is 3. The Hall–Kier alpha value is -3.07. The van der Waals surface area contributed by atoms with Crippen molar-refractivity contribution in [1.82, 2.24) is 4.98 Å². The van der Waals surface area contributed by atoms with Crippen molar-refractivity contribution in [2.75, 3.05) is 18.5 Å². The number of rotatable bonds is 8. The molecule has 0 spiro atoms. The first-order valence-corrected chi connectivity index (χ1v) is 11.2. The van der Waals surface area contributed by atoms with Gasteiger partial charge in [0.15, 0.2) is 6.61 Å². The van der Waals surface area contributed by atoms with Crippen LogP contribution >= 0.6 is 11.3 Å². The number of halogens is 3. The molecule has 2 aromatic carbocycles. The summed E-state index contributed by atoms with van der Waals surface area (Å²) in [4.78, 5) is 17.1. The normalized spacial score (nSPS) is 11.4. The van der Waals surface area contributed by atoms with Gasteiger partial charge in [-0.05, 0) is 63.1 Å². The van der Waals surface area contributed by atoms with Gasteiger partial charge in [0.2, 0.25) is 0 Å². The molecule has 0 aliphatic carbocycles. The van der Waals surface area contributed by atoms with Crippen molar-refractivity contribution in [2.24, 2.45) is 0 Å². The molecule has 0 saturated carbocycles. The van der Waals surface area contributed by atoms with Crippen molar-refractivity contribution in [2.45, 2.75) is 40.4 Å². The molecule has 0 aliphatic heterocycles. The van der Waals surface area contributed by atoms with Crippen molar-refractivity contribution in [3.05, 3.63) is 63.7 Å². The van der Waals surface area contributed by atoms with E-state index in [0.29, 0.717) is 29.5 Å². The summed E-state index contributed by atoms with van der Waals surface area (Å²) in [5.74, 6) is 0.232. The van der Waals surface area contributed by atoms with Crippen LogP contribution in [0.25, 0.3) is 10.6 Å². The summed E-state index contributed by atoms with van der Waals surface area (Å²) in [6.45, 7) is 8.11. The van der Waals surface area contributed by atoms with Crippen LogP contribution in [0, 0.1) is 20.8 Å². The van der Waals surface area contributed by atoms with Crippen LogP contribution in [0.15, 0.2) is 36.4 Å². The molecule has 33 heavy (non-hydrogen) atoms. The minimum Gasteiger partial charge on any atom is -0.481 e. The zero-order chi connectivity index (χ0) is 24.2. The Morgan fingerprint density at radius 1 is 1.09 bits per heavy atom. The summed E-state index contributed by atoms with van der Waals surface area (Å²) in [5, 5.41) is 4.04. The van der Waals surface area contributed by atoms with Gasteiger partial charge in [0.05, 0.1) is 24.4 Å². The van der Waals surface area contributed by atoms with Crippen molar-refractivity contribution in [3.8, 4) is 16.3 Å². The Bertz CT molecular complexity index is 1100. The van der Waals surface area contributed by atoms with Gasteiger partial charge in [0, 0.05) is 16.1 Å². The molecule has 0 bridgehead atoms. The highest BCUT2D eigenvalue weighted by Crippen LogP contribution is 2.33. The highest BCUT2D eigenvalue weighted by molar-refractivity contribution is 7.15. The summed E-state index contributed by atoms with van der Waals surface area (Å²) in [6, 6.07) is 8.89. The van der Waals surface area contributed by atoms with E-state index in [9.17, 15) is 18.0 Å². The van der Waals surface area contributed by atoms with Gasteiger partial charge in [0.1, 0.15) is 10.8 Å². The largest absolute Gasteiger partial charge is 0.481 e. The third-order valence-corrected chi connectivity index (χ3v) is 6.11. The molecule has 3 rings (SSSR count). The Kier molecular flexibility index (Phi) is 7.63. The van der Waals surface area contributed by atoms with Crippen molar-refractivity contribution in [3.63, 3.8) is 0 Å². The van der Waals surface area contributed by atoms with Gasteiger partial charge >= 0.3 is 12.1 Å². The van der Waals surface area contributed by atoms with Crippen molar-refractivity contribution in [1.29, 1.82) is 0 Å². The number of hydrogen-bond acceptors (Lipinski definition) is 6. The molecule has 0 unspecified atom stereocenters. The fraction of sp³-hybridized carbons (Fsp3) is 0.333. The first kappa shape index (κ1) is 24.6. The minimum atomic E-state index is -4.36. The molecule has 0 atom stereocenters. The van der Waals surface area contributed by atoms with E-state index in [2.05, 4.69) is 10.3 Å². The summed E-state index contributed by atoms with van der Waals surface area (Å²) in [6.07, 6.45) is -4.36. The predicted molar refractivity (Wildman–Crippen MR) is 123 cm³/mol. The van der Waals surface area contributed by atoms with E-state index in [-0.39, 0.29) is 6.61 Å². The van der Waals surface area contributed by atoms with Gasteiger partial charge in [-0.3, -0.25) is 0 Å². The molecule has 0 saturated heterocycles. The SMILES string of the molecule is CCOC(=O)COc1c(C)cc(NCc2sc(-c3ccc(C(F)(F)F)cc3)nc2C)cc1C. The maximum Gasteiger partial charge on any atom is 0.416 e. The molecular formula is C24H25F3N2O3S. The maximum absolute atomic E-state index is 12.8. The maximum atomic E-state index is 12.8. The zero-order valence-corrected chi connectivity index (χ0v) is 19.6. The van der Waals surface area contributed by atoms with Crippen LogP contribution < -0.4 is 10.1 Å². The van der Waals surface area contributed by atoms with E-state index < -0.39 is 17.7 Å². The Morgan fingerprint density at radius 2 is 1.73 bits per heavy atom. The van der Waals surface area contributed by atoms with E-state index in [0.717, 1.165) is 39.5 Å². The molecule has 1 aromatic heterocycles. The second-order valence-corrected chi connectivity index (χ2v) is 8.57. The van der Waals surface area contributed by atoms with Crippen molar-refractivity contribution >= 4 is 23.0 Å². The monoisotopic (exact) mass is 478 g/mol. The number of thiazole rings is 1. The van der Waals surface area contributed by atoms with Crippen LogP contribution in [0.2, 0.25) is 0 Å². The number of ether oxygens (including phenoxy) is 2. The molecule has 3 aromatic rings. The van der Waals surface area contributed by atoms with E-state index in [1.165, 1.54) is 23.5 Å². The lowest BCUT2D eigenvalue weighted by Crippen LogP contribution is -2.15. The molecule has 5 nitrogen and oxygen atoms in total. The smallest absolute Gasteiger partial charge is 0.416 e. The number of esters is 1. The van der Waals surface area contributed by atoms with Gasteiger partial charge in [-0.15, -0.1) is 11.3 Å². The van der Waals surface area contributed by atoms with Crippen LogP contribution in [0.1, 0.15) is 34.2 Å². The van der Waals surface area contributed by atoms with Gasteiger partial charge in [0.25, 0.3) is 0 Å². The second-order valence-electron chi connectivity index (χ2n) is 7.49. The molecule has 9 heteroatoms. The van der Waals surface area contributed by atoms with Crippen LogP contribution in [-0.4, -0.2) is 24.2 Å². The standard InChI is InChI=1S/C24H25F3N2O3S/c1-5-31-21(30)13-32-22-14(2)10-19(11-15(22)3)28-12-20-16(4)29-23(33-20)17-6-8-18(9-7-17)24(25,26)27/h6-11,28H,5,12-13H2,1-4H3. The number of anilines is 1. The third kappa shape index (κ3) is 6.25. The number of aromatic nitrogens is 1. The first-order valence-electron chi connectivity index (χ1n) is 10.4. The van der Waals surface area contributed by atoms with Gasteiger partial charge in [-0.25, -0.2) is 9.78 Å². The average Bonchev–Trinajstić information content (AvgIpc) is 3.12. The summed E-state index contributed by atoms with van der Waals surface area (Å²) >= 11 is 1.44. The van der Waals surface area contributed by atoms with Crippen molar-refractivity contribution < 1.29 is 27.4 Å². The molecule has 176 valence electrons. The number of hydrogen-bond donors (Lipinski definition) is 1. The molecule has 0 amide bonds. The topological polar surface area (TPSA) is 60.5 Å². The number of alkyl halides is 3. The Labute approximate surface area is 194 Å². The van der Waals surface area contributed by atoms with Crippen LogP contribution in [-0.2, 0) is 22.3 Å². The lowest BCUT2D eigenvalue weighted by atomic mass is 10.1. The highest BCUT2D eigenvalue weighted by atomic mass is 32.1. The van der Waals surface area contributed by atoms with E-state index in [1.807, 2.05) is 32.9 Å². The van der Waals surface area contributed by atoms with Gasteiger partial charge in [-0.2, -0.15) is 13.2 Å². The summed E-state index contributed by atoms with van der Waals surface area (Å²) < 4.78 is 48.9. The zero-order valence-electron chi connectivity index (χ0n) is 18.8. The molecule has 0 radical (unpaired) electrons. The molecular weight excluding hydrogens is 453 g/mol. The summed E-state index contributed by atoms with van der Waals surface area (Å²) in [5.41, 5.74) is 3.45. The van der Waals surface area contributed by atoms with Gasteiger partial charge in [-0.1, -0.05) is 12.1 Å². The fourth-order valence-electron chi connectivity index (χ4n) is 3.31. The van der Waals surface area contributed by atoms with E-state index in [1.54, 1.807) is 6.92 Å². The van der Waals surface area contributed by atoms with Crippen LogP contribution in [0.5, 0.6) is 5.75 Å². The van der Waals surface area contributed by atoms with E-state index in [4.69, 9.17) is 9.47 Å². The minimum absolute atomic E-state index is 0.144. The average molecular weight is 479 g/mol. The molecule has 0 aliphatic rings. The number of nitrogens with zero attached hydrogens (tertiary/aromatic N) is 1. The second kappa shape index (κ2) is 10.2. The van der Waals surface area contributed by atoms with Crippen LogP contribution in [0.4, 0.5) is 18.9 Å². The summed E-state index contributed by atoms with van der Waals surface area (Å²) in [7, 11) is 0.